The lowest BCUT2D eigenvalue weighted by Gasteiger charge is -2.24. The number of aliphatic imine (C=N–C) groups is 1. The summed E-state index contributed by atoms with van der Waals surface area (Å²) in [6.45, 7) is 0. The Morgan fingerprint density at radius 1 is 1.42 bits per heavy atom. The van der Waals surface area contributed by atoms with Crippen LogP contribution >= 0.6 is 11.8 Å². The minimum atomic E-state index is -1.90. The molecule has 0 aromatic carbocycles. The van der Waals surface area contributed by atoms with Crippen molar-refractivity contribution in [2.45, 2.75) is 5.79 Å². The van der Waals surface area contributed by atoms with Crippen LogP contribution in [0.25, 0.3) is 0 Å². The third-order valence-corrected chi connectivity index (χ3v) is 2.46. The van der Waals surface area contributed by atoms with E-state index in [1.165, 1.54) is 17.8 Å². The first-order valence-corrected chi connectivity index (χ1v) is 4.33. The number of hydrogen-bond donors (Lipinski definition) is 2. The van der Waals surface area contributed by atoms with Crippen LogP contribution in [-0.4, -0.2) is 21.7 Å². The van der Waals surface area contributed by atoms with E-state index in [2.05, 4.69) is 4.99 Å². The topological polar surface area (TPSA) is 52.8 Å². The maximum Gasteiger partial charge on any atom is 0.229 e. The lowest BCUT2D eigenvalue weighted by molar-refractivity contribution is -0.0552. The predicted octanol–water partition coefficient (Wildman–Crippen LogP) is 0.780. The van der Waals surface area contributed by atoms with Gasteiger partial charge in [0.25, 0.3) is 0 Å². The summed E-state index contributed by atoms with van der Waals surface area (Å²) in [6, 6.07) is 0. The Morgan fingerprint density at radius 2 is 2.25 bits per heavy atom. The second kappa shape index (κ2) is 2.58. The molecule has 0 aromatic heterocycles. The van der Waals surface area contributed by atoms with Crippen molar-refractivity contribution in [1.29, 1.82) is 0 Å². The van der Waals surface area contributed by atoms with Crippen LogP contribution in [0.4, 0.5) is 0 Å². The van der Waals surface area contributed by atoms with Gasteiger partial charge in [0.2, 0.25) is 5.79 Å². The highest BCUT2D eigenvalue weighted by atomic mass is 32.2. The van der Waals surface area contributed by atoms with Gasteiger partial charge in [0.05, 0.1) is 0 Å². The van der Waals surface area contributed by atoms with Gasteiger partial charge in [-0.2, -0.15) is 0 Å². The van der Waals surface area contributed by atoms with E-state index in [0.717, 1.165) is 4.91 Å². The standard InChI is InChI=1S/C8H7NO2S/c10-8(11)3-1-2-6-7(8)9-4-5-12-6/h1-5,10-11H. The van der Waals surface area contributed by atoms with E-state index in [4.69, 9.17) is 0 Å². The van der Waals surface area contributed by atoms with Crippen molar-refractivity contribution >= 4 is 17.5 Å². The van der Waals surface area contributed by atoms with E-state index < -0.39 is 5.79 Å². The van der Waals surface area contributed by atoms with E-state index in [0.29, 0.717) is 5.71 Å². The van der Waals surface area contributed by atoms with Crippen molar-refractivity contribution in [3.63, 3.8) is 0 Å². The van der Waals surface area contributed by atoms with Gasteiger partial charge in [-0.25, -0.2) is 0 Å². The van der Waals surface area contributed by atoms with Crippen molar-refractivity contribution in [2.24, 2.45) is 4.99 Å². The van der Waals surface area contributed by atoms with Gasteiger partial charge in [-0.15, -0.1) is 0 Å². The maximum absolute atomic E-state index is 9.42. The lowest BCUT2D eigenvalue weighted by atomic mass is 10.1. The zero-order chi connectivity index (χ0) is 8.60. The van der Waals surface area contributed by atoms with Crippen molar-refractivity contribution in [3.8, 4) is 0 Å². The van der Waals surface area contributed by atoms with Crippen LogP contribution in [-0.2, 0) is 0 Å². The molecule has 0 bridgehead atoms. The zero-order valence-corrected chi connectivity index (χ0v) is 6.95. The van der Waals surface area contributed by atoms with Crippen LogP contribution < -0.4 is 0 Å². The third kappa shape index (κ3) is 1.14. The van der Waals surface area contributed by atoms with E-state index in [1.54, 1.807) is 23.8 Å². The molecule has 0 saturated carbocycles. The number of aliphatic hydroxyl groups is 2. The van der Waals surface area contributed by atoms with Crippen molar-refractivity contribution in [1.82, 2.24) is 0 Å². The largest absolute Gasteiger partial charge is 0.358 e. The molecule has 2 rings (SSSR count). The molecule has 1 aliphatic heterocycles. The molecule has 4 heteroatoms. The normalized spacial score (nSPS) is 24.5. The summed E-state index contributed by atoms with van der Waals surface area (Å²) >= 11 is 1.43. The predicted molar refractivity (Wildman–Crippen MR) is 48.6 cm³/mol. The van der Waals surface area contributed by atoms with Crippen LogP contribution in [0.5, 0.6) is 0 Å². The van der Waals surface area contributed by atoms with Crippen LogP contribution in [0.3, 0.4) is 0 Å². The van der Waals surface area contributed by atoms with Gasteiger partial charge in [0.15, 0.2) is 0 Å². The van der Waals surface area contributed by atoms with Gasteiger partial charge in [-0.05, 0) is 17.6 Å². The number of thioether (sulfide) groups is 1. The second-order valence-electron chi connectivity index (χ2n) is 2.50. The SMILES string of the molecule is OC1(O)C=CC=C2SC=CN=C21. The summed E-state index contributed by atoms with van der Waals surface area (Å²) in [7, 11) is 0. The van der Waals surface area contributed by atoms with Crippen LogP contribution in [0.15, 0.2) is 39.7 Å². The minimum absolute atomic E-state index is 0.303. The number of nitrogens with zero attached hydrogens (tertiary/aromatic N) is 1. The van der Waals surface area contributed by atoms with Gasteiger partial charge >= 0.3 is 0 Å². The number of rotatable bonds is 0. The van der Waals surface area contributed by atoms with Crippen LogP contribution in [0, 0.1) is 0 Å². The molecule has 1 aliphatic carbocycles. The highest BCUT2D eigenvalue weighted by Gasteiger charge is 2.32. The molecule has 0 unspecified atom stereocenters. The molecule has 3 nitrogen and oxygen atoms in total. The van der Waals surface area contributed by atoms with E-state index in [-0.39, 0.29) is 0 Å². The molecule has 0 radical (unpaired) electrons. The Hall–Kier alpha value is -0.840. The lowest BCUT2D eigenvalue weighted by Crippen LogP contribution is -2.38. The Labute approximate surface area is 73.8 Å². The number of allylic oxidation sites excluding steroid dienone is 2. The molecule has 2 aliphatic rings. The molecular formula is C8H7NO2S. The summed E-state index contributed by atoms with van der Waals surface area (Å²) in [6.07, 6.45) is 6.27. The third-order valence-electron chi connectivity index (χ3n) is 1.62. The fraction of sp³-hybridized carbons (Fsp3) is 0.125. The van der Waals surface area contributed by atoms with Crippen LogP contribution in [0.2, 0.25) is 0 Å². The maximum atomic E-state index is 9.42. The van der Waals surface area contributed by atoms with E-state index in [1.807, 2.05) is 0 Å². The summed E-state index contributed by atoms with van der Waals surface area (Å²) in [5.74, 6) is -1.90. The van der Waals surface area contributed by atoms with Crippen molar-refractivity contribution in [2.75, 3.05) is 0 Å². The van der Waals surface area contributed by atoms with Gasteiger partial charge in [0, 0.05) is 11.1 Å². The Kier molecular flexibility index (Phi) is 1.68. The minimum Gasteiger partial charge on any atom is -0.358 e. The monoisotopic (exact) mass is 181 g/mol. The fourth-order valence-corrected chi connectivity index (χ4v) is 1.81. The quantitative estimate of drug-likeness (QED) is 0.543. The Morgan fingerprint density at radius 3 is 3.00 bits per heavy atom. The zero-order valence-electron chi connectivity index (χ0n) is 6.14. The first-order valence-electron chi connectivity index (χ1n) is 3.45. The molecule has 0 fully saturated rings. The molecule has 12 heavy (non-hydrogen) atoms. The molecule has 0 saturated heterocycles. The summed E-state index contributed by atoms with van der Waals surface area (Å²) in [5.41, 5.74) is 0.303. The van der Waals surface area contributed by atoms with Gasteiger partial charge in [-0.3, -0.25) is 4.99 Å². The first kappa shape index (κ1) is 7.79. The summed E-state index contributed by atoms with van der Waals surface area (Å²) in [4.78, 5) is 4.68. The van der Waals surface area contributed by atoms with E-state index in [9.17, 15) is 10.2 Å². The van der Waals surface area contributed by atoms with Crippen LogP contribution in [0.1, 0.15) is 0 Å². The highest BCUT2D eigenvalue weighted by Crippen LogP contribution is 2.30. The number of hydrogen-bond acceptors (Lipinski definition) is 4. The van der Waals surface area contributed by atoms with E-state index >= 15 is 0 Å². The fourth-order valence-electron chi connectivity index (χ4n) is 1.07. The molecule has 0 amide bonds. The average Bonchev–Trinajstić information content (AvgIpc) is 2.04. The van der Waals surface area contributed by atoms with Gasteiger partial charge < -0.3 is 10.2 Å². The summed E-state index contributed by atoms with van der Waals surface area (Å²) in [5, 5.41) is 20.6. The average molecular weight is 181 g/mol. The van der Waals surface area contributed by atoms with Gasteiger partial charge in [-0.1, -0.05) is 17.8 Å². The molecule has 0 atom stereocenters. The second-order valence-corrected chi connectivity index (χ2v) is 3.44. The smallest absolute Gasteiger partial charge is 0.229 e. The summed E-state index contributed by atoms with van der Waals surface area (Å²) < 4.78 is 0. The van der Waals surface area contributed by atoms with Crippen molar-refractivity contribution in [3.05, 3.63) is 34.7 Å². The molecule has 1 heterocycles. The highest BCUT2D eigenvalue weighted by molar-refractivity contribution is 8.06. The Balaban J connectivity index is 2.48. The molecule has 0 spiro atoms. The van der Waals surface area contributed by atoms with Crippen molar-refractivity contribution < 1.29 is 10.2 Å². The van der Waals surface area contributed by atoms with Gasteiger partial charge in [0.1, 0.15) is 5.71 Å². The first-order chi connectivity index (χ1) is 5.70. The molecular weight excluding hydrogens is 174 g/mol. The molecule has 2 N–H and O–H groups in total. The number of fused-ring (bicyclic) bond motifs is 1. The molecule has 0 aromatic rings. The molecule has 62 valence electrons. The Bertz CT molecular complexity index is 326.